The van der Waals surface area contributed by atoms with Gasteiger partial charge in [0.2, 0.25) is 0 Å². The first-order valence-electron chi connectivity index (χ1n) is 16.2. The number of halogens is 6. The van der Waals surface area contributed by atoms with Gasteiger partial charge in [-0.05, 0) is 102 Å². The quantitative estimate of drug-likeness (QED) is 0.196. The zero-order chi connectivity index (χ0) is 33.6. The van der Waals surface area contributed by atoms with Gasteiger partial charge < -0.3 is 19.8 Å². The molecule has 6 rings (SSSR count). The highest BCUT2D eigenvalue weighted by atomic mass is 19.4. The number of hydrogen-bond donors (Lipinski definition) is 2. The summed E-state index contributed by atoms with van der Waals surface area (Å²) in [5.74, 6) is 2.89. The third-order valence-electron chi connectivity index (χ3n) is 9.22. The van der Waals surface area contributed by atoms with Crippen LogP contribution in [0, 0.1) is 11.8 Å². The van der Waals surface area contributed by atoms with E-state index in [2.05, 4.69) is 43.7 Å². The zero-order valence-corrected chi connectivity index (χ0v) is 26.8. The molecule has 0 radical (unpaired) electrons. The lowest BCUT2D eigenvalue weighted by molar-refractivity contribution is -0.138. The van der Waals surface area contributed by atoms with E-state index >= 15 is 0 Å². The number of benzene rings is 2. The number of alkyl halides is 6. The summed E-state index contributed by atoms with van der Waals surface area (Å²) in [5, 5.41) is 0. The third-order valence-corrected chi connectivity index (χ3v) is 9.22. The van der Waals surface area contributed by atoms with E-state index in [1.165, 1.54) is 12.1 Å². The Morgan fingerprint density at radius 1 is 0.681 bits per heavy atom. The first kappa shape index (κ1) is 34.7. The van der Waals surface area contributed by atoms with Crippen LogP contribution in [0.25, 0.3) is 22.5 Å². The van der Waals surface area contributed by atoms with Crippen LogP contribution >= 0.6 is 0 Å². The first-order valence-corrected chi connectivity index (χ1v) is 16.2. The van der Waals surface area contributed by atoms with Crippen molar-refractivity contribution in [2.75, 3.05) is 39.8 Å². The van der Waals surface area contributed by atoms with Gasteiger partial charge in [-0.3, -0.25) is 0 Å². The van der Waals surface area contributed by atoms with Gasteiger partial charge in [0.05, 0.1) is 34.9 Å². The van der Waals surface area contributed by atoms with Crippen molar-refractivity contribution in [2.24, 2.45) is 11.8 Å². The fourth-order valence-corrected chi connectivity index (χ4v) is 6.27. The van der Waals surface area contributed by atoms with Gasteiger partial charge in [0, 0.05) is 24.0 Å². The Kier molecular flexibility index (Phi) is 11.1. The number of imidazole rings is 2. The third kappa shape index (κ3) is 9.70. The molecule has 2 aromatic heterocycles. The van der Waals surface area contributed by atoms with Crippen LogP contribution in [-0.2, 0) is 25.2 Å². The van der Waals surface area contributed by atoms with Crippen molar-refractivity contribution in [1.82, 2.24) is 29.7 Å². The van der Waals surface area contributed by atoms with E-state index in [4.69, 9.17) is 0 Å². The summed E-state index contributed by atoms with van der Waals surface area (Å²) in [4.78, 5) is 19.8. The largest absolute Gasteiger partial charge is 0.416 e. The maximum Gasteiger partial charge on any atom is 0.416 e. The monoisotopic (exact) mass is 660 g/mol. The summed E-state index contributed by atoms with van der Waals surface area (Å²) in [6, 6.07) is 10.7. The van der Waals surface area contributed by atoms with Crippen LogP contribution in [0.3, 0.4) is 0 Å². The fourth-order valence-electron chi connectivity index (χ4n) is 6.27. The summed E-state index contributed by atoms with van der Waals surface area (Å²) in [7, 11) is 2.12. The Morgan fingerprint density at radius 2 is 1.11 bits per heavy atom. The molecule has 0 atom stereocenters. The van der Waals surface area contributed by atoms with E-state index in [0.29, 0.717) is 34.4 Å². The van der Waals surface area contributed by atoms with Crippen molar-refractivity contribution in [3.05, 3.63) is 83.7 Å². The molecule has 254 valence electrons. The Labute approximate surface area is 271 Å². The first-order chi connectivity index (χ1) is 22.4. The molecule has 4 aromatic rings. The van der Waals surface area contributed by atoms with Crippen LogP contribution in [0.4, 0.5) is 26.3 Å². The van der Waals surface area contributed by atoms with Crippen LogP contribution in [0.2, 0.25) is 0 Å². The summed E-state index contributed by atoms with van der Waals surface area (Å²) >= 11 is 0. The van der Waals surface area contributed by atoms with Gasteiger partial charge in [0.15, 0.2) is 0 Å². The molecule has 47 heavy (non-hydrogen) atoms. The van der Waals surface area contributed by atoms with Gasteiger partial charge in [0.1, 0.15) is 11.6 Å². The lowest BCUT2D eigenvalue weighted by atomic mass is 9.93. The smallest absolute Gasteiger partial charge is 0.342 e. The van der Waals surface area contributed by atoms with Gasteiger partial charge >= 0.3 is 12.4 Å². The molecule has 2 aromatic carbocycles. The average Bonchev–Trinajstić information content (AvgIpc) is 3.72. The van der Waals surface area contributed by atoms with Crippen molar-refractivity contribution in [3.63, 3.8) is 0 Å². The molecule has 2 aliphatic rings. The number of aromatic nitrogens is 4. The highest BCUT2D eigenvalue weighted by Gasteiger charge is 2.31. The second-order valence-electron chi connectivity index (χ2n) is 12.7. The molecule has 0 bridgehead atoms. The van der Waals surface area contributed by atoms with Gasteiger partial charge in [-0.1, -0.05) is 31.2 Å². The van der Waals surface area contributed by atoms with E-state index in [0.717, 1.165) is 107 Å². The second kappa shape index (κ2) is 15.1. The minimum Gasteiger partial charge on any atom is -0.342 e. The summed E-state index contributed by atoms with van der Waals surface area (Å²) in [5.41, 5.74) is 1.04. The Balaban J connectivity index is 0.000000185. The van der Waals surface area contributed by atoms with Crippen molar-refractivity contribution in [2.45, 2.75) is 57.8 Å². The predicted octanol–water partition coefficient (Wildman–Crippen LogP) is 8.35. The van der Waals surface area contributed by atoms with Crippen molar-refractivity contribution >= 4 is 0 Å². The molecular weight excluding hydrogens is 618 g/mol. The zero-order valence-electron chi connectivity index (χ0n) is 26.8. The molecule has 0 saturated carbocycles. The lowest BCUT2D eigenvalue weighted by Crippen LogP contribution is -2.34. The summed E-state index contributed by atoms with van der Waals surface area (Å²) in [6.07, 6.45) is 0.876. The molecule has 2 aliphatic heterocycles. The van der Waals surface area contributed by atoms with Crippen molar-refractivity contribution in [1.29, 1.82) is 0 Å². The number of nitrogens with one attached hydrogen (secondary N) is 2. The number of hydrogen-bond acceptors (Lipinski definition) is 4. The molecule has 2 saturated heterocycles. The number of nitrogens with zero attached hydrogens (tertiary/aromatic N) is 4. The van der Waals surface area contributed by atoms with Gasteiger partial charge in [-0.25, -0.2) is 9.97 Å². The van der Waals surface area contributed by atoms with Crippen LogP contribution in [0.5, 0.6) is 0 Å². The molecule has 0 unspecified atom stereocenters. The molecule has 6 nitrogen and oxygen atoms in total. The van der Waals surface area contributed by atoms with Crippen LogP contribution in [-0.4, -0.2) is 69.5 Å². The molecular formula is C35H42F6N6. The van der Waals surface area contributed by atoms with E-state index in [9.17, 15) is 26.3 Å². The van der Waals surface area contributed by atoms with Gasteiger partial charge in [-0.2, -0.15) is 26.3 Å². The van der Waals surface area contributed by atoms with Gasteiger partial charge in [0.25, 0.3) is 0 Å². The Morgan fingerprint density at radius 3 is 1.51 bits per heavy atom. The molecule has 0 spiro atoms. The SMILES string of the molecule is CCN1CCC(Cc2ncc(-c3cccc(C(F)(F)F)c3)[nH]2)CC1.CN1CCC(Cc2ncc(-c3cccc(C(F)(F)F)c3)[nH]2)CC1. The van der Waals surface area contributed by atoms with Gasteiger partial charge in [-0.15, -0.1) is 0 Å². The fraction of sp³-hybridized carbons (Fsp3) is 0.486. The number of likely N-dealkylation sites (tertiary alicyclic amines) is 2. The van der Waals surface area contributed by atoms with Crippen LogP contribution in [0.15, 0.2) is 60.9 Å². The van der Waals surface area contributed by atoms with E-state index in [-0.39, 0.29) is 0 Å². The molecule has 12 heteroatoms. The topological polar surface area (TPSA) is 63.8 Å². The van der Waals surface area contributed by atoms with Crippen molar-refractivity contribution < 1.29 is 26.3 Å². The normalized spacial score (nSPS) is 17.4. The Hall–Kier alpha value is -3.64. The van der Waals surface area contributed by atoms with E-state index < -0.39 is 23.5 Å². The van der Waals surface area contributed by atoms with E-state index in [1.54, 1.807) is 24.5 Å². The minimum atomic E-state index is -4.33. The molecule has 2 fully saturated rings. The number of aromatic amines is 2. The second-order valence-corrected chi connectivity index (χ2v) is 12.7. The highest BCUT2D eigenvalue weighted by molar-refractivity contribution is 5.60. The Bertz CT molecular complexity index is 1560. The summed E-state index contributed by atoms with van der Waals surface area (Å²) < 4.78 is 76.9. The summed E-state index contributed by atoms with van der Waals surface area (Å²) in [6.45, 7) is 7.67. The molecule has 0 amide bonds. The predicted molar refractivity (Wildman–Crippen MR) is 171 cm³/mol. The maximum absolute atomic E-state index is 12.8. The molecule has 0 aliphatic carbocycles. The van der Waals surface area contributed by atoms with Crippen molar-refractivity contribution in [3.8, 4) is 22.5 Å². The molecule has 4 heterocycles. The lowest BCUT2D eigenvalue weighted by Gasteiger charge is -2.30. The molecule has 2 N–H and O–H groups in total. The van der Waals surface area contributed by atoms with Crippen LogP contribution in [0.1, 0.15) is 55.4 Å². The van der Waals surface area contributed by atoms with Crippen LogP contribution < -0.4 is 0 Å². The standard InChI is InChI=1S/C18H22F3N3.C17H20F3N3/c1-2-24-8-6-13(7-9-24)10-17-22-12-16(23-17)14-4-3-5-15(11-14)18(19,20)21;1-23-7-5-12(6-8-23)9-16-21-11-15(22-16)13-3-2-4-14(10-13)17(18,19)20/h3-5,11-13H,2,6-10H2,1H3,(H,22,23);2-4,10-12H,5-9H2,1H3,(H,21,22). The number of piperidine rings is 2. The average molecular weight is 661 g/mol. The minimum absolute atomic E-state index is 0.516. The van der Waals surface area contributed by atoms with E-state index in [1.807, 2.05) is 0 Å². The number of H-pyrrole nitrogens is 2. The maximum atomic E-state index is 12.8. The number of rotatable bonds is 7. The highest BCUT2D eigenvalue weighted by Crippen LogP contribution is 2.33.